The van der Waals surface area contributed by atoms with Gasteiger partial charge in [-0.1, -0.05) is 62.9 Å². The van der Waals surface area contributed by atoms with E-state index in [2.05, 4.69) is 38.2 Å². The zero-order valence-corrected chi connectivity index (χ0v) is 12.5. The van der Waals surface area contributed by atoms with Crippen molar-refractivity contribution in [3.05, 3.63) is 35.4 Å². The van der Waals surface area contributed by atoms with Gasteiger partial charge in [-0.3, -0.25) is 4.79 Å². The number of amides is 1. The van der Waals surface area contributed by atoms with Crippen molar-refractivity contribution in [3.8, 4) is 0 Å². The van der Waals surface area contributed by atoms with Crippen molar-refractivity contribution < 1.29 is 4.79 Å². The summed E-state index contributed by atoms with van der Waals surface area (Å²) in [5.74, 6) is 0.765. The van der Waals surface area contributed by atoms with E-state index in [-0.39, 0.29) is 5.91 Å². The maximum atomic E-state index is 11.9. The first kappa shape index (κ1) is 15.7. The fourth-order valence-electron chi connectivity index (χ4n) is 2.16. The highest BCUT2D eigenvalue weighted by Gasteiger charge is 2.08. The Balaban J connectivity index is 2.32. The van der Waals surface area contributed by atoms with Crippen LogP contribution in [-0.2, 0) is 11.2 Å². The number of unbranched alkanes of at least 4 members (excludes halogenated alkanes) is 1. The molecule has 1 aromatic rings. The molecular formula is C17H27NO. The highest BCUT2D eigenvalue weighted by atomic mass is 16.1. The third-order valence-corrected chi connectivity index (χ3v) is 3.62. The summed E-state index contributed by atoms with van der Waals surface area (Å²) >= 11 is 0. The summed E-state index contributed by atoms with van der Waals surface area (Å²) in [4.78, 5) is 11.9. The molecular weight excluding hydrogens is 234 g/mol. The van der Waals surface area contributed by atoms with Crippen molar-refractivity contribution in [1.29, 1.82) is 0 Å². The minimum atomic E-state index is 0.138. The van der Waals surface area contributed by atoms with E-state index in [9.17, 15) is 4.79 Å². The number of carbonyl (C=O) groups excluding carboxylic acids is 1. The molecule has 19 heavy (non-hydrogen) atoms. The van der Waals surface area contributed by atoms with E-state index in [1.807, 2.05) is 12.1 Å². The van der Waals surface area contributed by atoms with Crippen molar-refractivity contribution >= 4 is 5.91 Å². The quantitative estimate of drug-likeness (QED) is 0.756. The lowest BCUT2D eigenvalue weighted by Gasteiger charge is -2.15. The summed E-state index contributed by atoms with van der Waals surface area (Å²) < 4.78 is 0. The molecule has 1 unspecified atom stereocenters. The number of nitrogens with one attached hydrogen (secondary N) is 1. The molecule has 1 atom stereocenters. The molecule has 2 heteroatoms. The smallest absolute Gasteiger partial charge is 0.224 e. The second-order valence-electron chi connectivity index (χ2n) is 5.38. The Morgan fingerprint density at radius 2 is 1.89 bits per heavy atom. The van der Waals surface area contributed by atoms with Crippen LogP contribution < -0.4 is 5.32 Å². The molecule has 106 valence electrons. The maximum absolute atomic E-state index is 11.9. The molecule has 0 aliphatic rings. The second kappa shape index (κ2) is 8.73. The van der Waals surface area contributed by atoms with E-state index in [1.165, 1.54) is 24.8 Å². The highest BCUT2D eigenvalue weighted by Crippen LogP contribution is 2.11. The zero-order chi connectivity index (χ0) is 14.1. The normalized spacial score (nSPS) is 12.2. The van der Waals surface area contributed by atoms with Crippen molar-refractivity contribution in [2.75, 3.05) is 6.54 Å². The largest absolute Gasteiger partial charge is 0.356 e. The lowest BCUT2D eigenvalue weighted by molar-refractivity contribution is -0.120. The molecule has 0 aromatic heterocycles. The van der Waals surface area contributed by atoms with Gasteiger partial charge >= 0.3 is 0 Å². The van der Waals surface area contributed by atoms with Crippen LogP contribution in [0.5, 0.6) is 0 Å². The van der Waals surface area contributed by atoms with Crippen LogP contribution >= 0.6 is 0 Å². The van der Waals surface area contributed by atoms with Crippen LogP contribution in [0.3, 0.4) is 0 Å². The number of hydrogen-bond donors (Lipinski definition) is 1. The maximum Gasteiger partial charge on any atom is 0.224 e. The van der Waals surface area contributed by atoms with E-state index in [4.69, 9.17) is 0 Å². The lowest BCUT2D eigenvalue weighted by Crippen LogP contribution is -2.30. The van der Waals surface area contributed by atoms with Crippen LogP contribution in [0.25, 0.3) is 0 Å². The molecule has 2 nitrogen and oxygen atoms in total. The third-order valence-electron chi connectivity index (χ3n) is 3.62. The van der Waals surface area contributed by atoms with Gasteiger partial charge in [0.15, 0.2) is 0 Å². The Bertz CT molecular complexity index is 369. The molecule has 0 saturated carbocycles. The number of aryl methyl sites for hydroxylation is 1. The summed E-state index contributed by atoms with van der Waals surface area (Å²) in [6, 6.07) is 8.17. The Labute approximate surface area is 117 Å². The molecule has 0 aliphatic carbocycles. The topological polar surface area (TPSA) is 29.1 Å². The summed E-state index contributed by atoms with van der Waals surface area (Å²) in [6.45, 7) is 7.29. The average molecular weight is 261 g/mol. The predicted molar refractivity (Wildman–Crippen MR) is 81.2 cm³/mol. The molecule has 0 fully saturated rings. The predicted octanol–water partition coefficient (Wildman–Crippen LogP) is 3.87. The van der Waals surface area contributed by atoms with Crippen LogP contribution in [0.4, 0.5) is 0 Å². The van der Waals surface area contributed by atoms with Gasteiger partial charge in [0.2, 0.25) is 5.91 Å². The van der Waals surface area contributed by atoms with Crippen molar-refractivity contribution in [2.24, 2.45) is 5.92 Å². The first-order valence-corrected chi connectivity index (χ1v) is 7.48. The van der Waals surface area contributed by atoms with Crippen LogP contribution in [0, 0.1) is 12.8 Å². The molecule has 0 radical (unpaired) electrons. The summed E-state index contributed by atoms with van der Waals surface area (Å²) in [5.41, 5.74) is 2.32. The first-order valence-electron chi connectivity index (χ1n) is 7.48. The average Bonchev–Trinajstić information content (AvgIpc) is 2.42. The number of carbonyl (C=O) groups is 1. The molecule has 1 aromatic carbocycles. The Hall–Kier alpha value is -1.31. The van der Waals surface area contributed by atoms with Gasteiger partial charge in [-0.05, 0) is 24.8 Å². The van der Waals surface area contributed by atoms with Crippen molar-refractivity contribution in [2.45, 2.75) is 52.9 Å². The second-order valence-corrected chi connectivity index (χ2v) is 5.38. The van der Waals surface area contributed by atoms with E-state index in [0.717, 1.165) is 18.5 Å². The van der Waals surface area contributed by atoms with Crippen LogP contribution in [0.1, 0.15) is 50.7 Å². The molecule has 1 N–H and O–H groups in total. The Morgan fingerprint density at radius 3 is 2.47 bits per heavy atom. The monoisotopic (exact) mass is 261 g/mol. The van der Waals surface area contributed by atoms with Gasteiger partial charge in [-0.15, -0.1) is 0 Å². The summed E-state index contributed by atoms with van der Waals surface area (Å²) in [6.07, 6.45) is 5.34. The lowest BCUT2D eigenvalue weighted by atomic mass is 9.99. The van der Waals surface area contributed by atoms with E-state index >= 15 is 0 Å². The standard InChI is InChI=1S/C17H27NO/c1-4-6-7-15(5-2)13-18-17(19)12-16-10-8-14(3)9-11-16/h8-11,15H,4-7,12-13H2,1-3H3,(H,18,19). The summed E-state index contributed by atoms with van der Waals surface area (Å²) in [5, 5.41) is 3.07. The van der Waals surface area contributed by atoms with Gasteiger partial charge in [0.1, 0.15) is 0 Å². The van der Waals surface area contributed by atoms with Gasteiger partial charge in [0.25, 0.3) is 0 Å². The van der Waals surface area contributed by atoms with Gasteiger partial charge in [-0.25, -0.2) is 0 Å². The number of rotatable bonds is 8. The molecule has 0 saturated heterocycles. The number of hydrogen-bond acceptors (Lipinski definition) is 1. The fraction of sp³-hybridized carbons (Fsp3) is 0.588. The van der Waals surface area contributed by atoms with Crippen molar-refractivity contribution in [1.82, 2.24) is 5.32 Å². The highest BCUT2D eigenvalue weighted by molar-refractivity contribution is 5.78. The molecule has 0 heterocycles. The molecule has 1 amide bonds. The van der Waals surface area contributed by atoms with E-state index in [0.29, 0.717) is 12.3 Å². The molecule has 0 aliphatic heterocycles. The first-order chi connectivity index (χ1) is 9.15. The van der Waals surface area contributed by atoms with E-state index in [1.54, 1.807) is 0 Å². The minimum absolute atomic E-state index is 0.138. The zero-order valence-electron chi connectivity index (χ0n) is 12.5. The van der Waals surface area contributed by atoms with Gasteiger partial charge in [0, 0.05) is 6.54 Å². The third kappa shape index (κ3) is 6.42. The van der Waals surface area contributed by atoms with Crippen LogP contribution in [0.15, 0.2) is 24.3 Å². The van der Waals surface area contributed by atoms with Crippen LogP contribution in [0.2, 0.25) is 0 Å². The molecule has 1 rings (SSSR count). The fourth-order valence-corrected chi connectivity index (χ4v) is 2.16. The van der Waals surface area contributed by atoms with Gasteiger partial charge < -0.3 is 5.32 Å². The molecule has 0 spiro atoms. The Kier molecular flexibility index (Phi) is 7.24. The minimum Gasteiger partial charge on any atom is -0.356 e. The van der Waals surface area contributed by atoms with Crippen LogP contribution in [-0.4, -0.2) is 12.5 Å². The summed E-state index contributed by atoms with van der Waals surface area (Å²) in [7, 11) is 0. The van der Waals surface area contributed by atoms with Crippen molar-refractivity contribution in [3.63, 3.8) is 0 Å². The van der Waals surface area contributed by atoms with Gasteiger partial charge in [0.05, 0.1) is 6.42 Å². The number of benzene rings is 1. The molecule has 0 bridgehead atoms. The SMILES string of the molecule is CCCCC(CC)CNC(=O)Cc1ccc(C)cc1. The Morgan fingerprint density at radius 1 is 1.21 bits per heavy atom. The van der Waals surface area contributed by atoms with Gasteiger partial charge in [-0.2, -0.15) is 0 Å². The van der Waals surface area contributed by atoms with E-state index < -0.39 is 0 Å².